The van der Waals surface area contributed by atoms with Crippen LogP contribution in [-0.4, -0.2) is 58.9 Å². The zero-order valence-electron chi connectivity index (χ0n) is 34.3. The number of ether oxygens (including phenoxy) is 1. The maximum atomic E-state index is 12.1. The molecule has 4 rings (SSSR count). The molecule has 2 aromatic carbocycles. The normalized spacial score (nSPS) is 15.6. The number of hydrogen-bond donors (Lipinski definition) is 1. The summed E-state index contributed by atoms with van der Waals surface area (Å²) >= 11 is 0. The summed E-state index contributed by atoms with van der Waals surface area (Å²) in [6.07, 6.45) is 5.48. The molecule has 1 fully saturated rings. The van der Waals surface area contributed by atoms with Crippen molar-refractivity contribution in [3.8, 4) is 12.1 Å². The molecular formula is C44H68N4O4. The highest BCUT2D eigenvalue weighted by atomic mass is 16.6. The first-order valence-electron chi connectivity index (χ1n) is 18.9. The van der Waals surface area contributed by atoms with Crippen molar-refractivity contribution >= 4 is 17.8 Å². The topological polar surface area (TPSA) is 118 Å². The molecule has 1 saturated heterocycles. The Morgan fingerprint density at radius 3 is 1.65 bits per heavy atom. The van der Waals surface area contributed by atoms with Gasteiger partial charge in [0, 0.05) is 26.2 Å². The number of nitriles is 2. The molecule has 0 saturated carbocycles. The van der Waals surface area contributed by atoms with Crippen LogP contribution in [0.2, 0.25) is 0 Å². The third-order valence-corrected chi connectivity index (χ3v) is 6.99. The SMILES string of the molecule is CC(C)(C)OC(=O)N1CCC=C(c2ccc(C#N)cc2)CC1.CC(C)C.CC(C)C.CC(C)C.N#Cc1ccc(C2CCCN(C(=O)O)CC2)cc1. The Kier molecular flexibility index (Phi) is 23.5. The van der Waals surface area contributed by atoms with Crippen LogP contribution in [-0.2, 0) is 4.74 Å². The quantitative estimate of drug-likeness (QED) is 0.330. The van der Waals surface area contributed by atoms with Crippen LogP contribution in [0.1, 0.15) is 143 Å². The standard InChI is InChI=1S/C18H22N2O2.C14H16N2O2.3C4H10/c1-18(2,3)22-17(21)20-11-4-5-15(10-12-20)16-8-6-14(13-19)7-9-16;15-10-11-3-5-13(6-4-11)12-2-1-8-16(9-7-12)14(17)18;3*1-4(2)3/h5-9H,4,10-12H2,1-3H3;3-6,12H,1-2,7-9H2,(H,17,18);3*4H,1-3H3. The molecule has 1 atom stereocenters. The lowest BCUT2D eigenvalue weighted by Crippen LogP contribution is -2.37. The molecule has 0 bridgehead atoms. The largest absolute Gasteiger partial charge is 0.465 e. The molecule has 2 heterocycles. The van der Waals surface area contributed by atoms with Gasteiger partial charge in [0.25, 0.3) is 0 Å². The first kappa shape index (κ1) is 47.7. The Labute approximate surface area is 316 Å². The Bertz CT molecular complexity index is 1390. The maximum absolute atomic E-state index is 12.1. The van der Waals surface area contributed by atoms with Gasteiger partial charge in [0.15, 0.2) is 0 Å². The number of likely N-dealkylation sites (tertiary alicyclic amines) is 1. The predicted octanol–water partition coefficient (Wildman–Crippen LogP) is 11.8. The van der Waals surface area contributed by atoms with Crippen LogP contribution in [0.4, 0.5) is 9.59 Å². The summed E-state index contributed by atoms with van der Waals surface area (Å²) in [6.45, 7) is 27.7. The average Bonchev–Trinajstić information content (AvgIpc) is 3.46. The lowest BCUT2D eigenvalue weighted by molar-refractivity contribution is 0.0260. The number of hydrogen-bond acceptors (Lipinski definition) is 5. The van der Waals surface area contributed by atoms with E-state index in [4.69, 9.17) is 20.4 Å². The van der Waals surface area contributed by atoms with Crippen molar-refractivity contribution in [2.75, 3.05) is 26.2 Å². The van der Waals surface area contributed by atoms with E-state index in [1.807, 2.05) is 69.3 Å². The molecule has 0 aromatic heterocycles. The zero-order valence-corrected chi connectivity index (χ0v) is 34.3. The fourth-order valence-electron chi connectivity index (χ4n) is 4.84. The van der Waals surface area contributed by atoms with Gasteiger partial charge in [0.05, 0.1) is 23.3 Å². The van der Waals surface area contributed by atoms with E-state index < -0.39 is 11.7 Å². The highest BCUT2D eigenvalue weighted by molar-refractivity contribution is 5.71. The van der Waals surface area contributed by atoms with E-state index in [1.165, 1.54) is 16.0 Å². The van der Waals surface area contributed by atoms with Crippen molar-refractivity contribution < 1.29 is 19.4 Å². The van der Waals surface area contributed by atoms with E-state index in [2.05, 4.69) is 80.5 Å². The molecule has 52 heavy (non-hydrogen) atoms. The molecule has 0 spiro atoms. The van der Waals surface area contributed by atoms with Crippen molar-refractivity contribution in [1.82, 2.24) is 9.80 Å². The highest BCUT2D eigenvalue weighted by Crippen LogP contribution is 2.28. The van der Waals surface area contributed by atoms with Gasteiger partial charge in [0.2, 0.25) is 0 Å². The molecule has 8 nitrogen and oxygen atoms in total. The van der Waals surface area contributed by atoms with E-state index in [-0.39, 0.29) is 6.09 Å². The van der Waals surface area contributed by atoms with Gasteiger partial charge in [-0.1, -0.05) is 92.7 Å². The van der Waals surface area contributed by atoms with E-state index in [9.17, 15) is 9.59 Å². The van der Waals surface area contributed by atoms with Crippen molar-refractivity contribution in [2.24, 2.45) is 17.8 Å². The van der Waals surface area contributed by atoms with Gasteiger partial charge in [0.1, 0.15) is 5.60 Å². The summed E-state index contributed by atoms with van der Waals surface area (Å²) in [5, 5.41) is 26.6. The molecule has 1 unspecified atom stereocenters. The monoisotopic (exact) mass is 717 g/mol. The second kappa shape index (κ2) is 25.6. The number of carboxylic acid groups (broad SMARTS) is 1. The van der Waals surface area contributed by atoms with Crippen molar-refractivity contribution in [2.45, 2.75) is 127 Å². The maximum Gasteiger partial charge on any atom is 0.410 e. The molecule has 2 aliphatic rings. The fraction of sp³-hybridized carbons (Fsp3) is 0.591. The van der Waals surface area contributed by atoms with Crippen molar-refractivity contribution in [3.05, 3.63) is 76.9 Å². The zero-order chi connectivity index (χ0) is 39.9. The third kappa shape index (κ3) is 23.2. The minimum absolute atomic E-state index is 0.248. The van der Waals surface area contributed by atoms with Gasteiger partial charge < -0.3 is 19.6 Å². The number of benzene rings is 2. The summed E-state index contributed by atoms with van der Waals surface area (Å²) in [4.78, 5) is 26.3. The summed E-state index contributed by atoms with van der Waals surface area (Å²) < 4.78 is 5.43. The summed E-state index contributed by atoms with van der Waals surface area (Å²) in [7, 11) is 0. The number of carbonyl (C=O) groups excluding carboxylic acids is 1. The van der Waals surface area contributed by atoms with Crippen molar-refractivity contribution in [1.29, 1.82) is 10.5 Å². The minimum Gasteiger partial charge on any atom is -0.465 e. The highest BCUT2D eigenvalue weighted by Gasteiger charge is 2.23. The Balaban J connectivity index is 0.000000772. The number of nitrogens with zero attached hydrogens (tertiary/aromatic N) is 4. The summed E-state index contributed by atoms with van der Waals surface area (Å²) in [6, 6.07) is 19.4. The van der Waals surface area contributed by atoms with E-state index >= 15 is 0 Å². The van der Waals surface area contributed by atoms with Gasteiger partial charge in [-0.2, -0.15) is 10.5 Å². The van der Waals surface area contributed by atoms with Gasteiger partial charge in [-0.15, -0.1) is 0 Å². The average molecular weight is 717 g/mol. The van der Waals surface area contributed by atoms with Gasteiger partial charge >= 0.3 is 12.2 Å². The molecular weight excluding hydrogens is 649 g/mol. The smallest absolute Gasteiger partial charge is 0.410 e. The number of rotatable bonds is 2. The van der Waals surface area contributed by atoms with Crippen LogP contribution in [0.5, 0.6) is 0 Å². The van der Waals surface area contributed by atoms with Crippen molar-refractivity contribution in [3.63, 3.8) is 0 Å². The van der Waals surface area contributed by atoms with E-state index in [0.29, 0.717) is 43.2 Å². The van der Waals surface area contributed by atoms with Crippen LogP contribution >= 0.6 is 0 Å². The summed E-state index contributed by atoms with van der Waals surface area (Å²) in [5.74, 6) is 2.90. The lowest BCUT2D eigenvalue weighted by Gasteiger charge is -2.26. The van der Waals surface area contributed by atoms with Crippen LogP contribution in [0, 0.1) is 40.4 Å². The number of carbonyl (C=O) groups is 2. The molecule has 0 aliphatic carbocycles. The molecule has 2 aliphatic heterocycles. The van der Waals surface area contributed by atoms with Gasteiger partial charge in [-0.3, -0.25) is 0 Å². The molecule has 288 valence electrons. The van der Waals surface area contributed by atoms with Gasteiger partial charge in [-0.05, 0) is 118 Å². The van der Waals surface area contributed by atoms with Crippen LogP contribution in [0.15, 0.2) is 54.6 Å². The second-order valence-electron chi connectivity index (χ2n) is 16.3. The molecule has 2 amide bonds. The predicted molar refractivity (Wildman–Crippen MR) is 215 cm³/mol. The molecule has 2 aromatic rings. The Morgan fingerprint density at radius 1 is 0.731 bits per heavy atom. The van der Waals surface area contributed by atoms with E-state index in [0.717, 1.165) is 55.4 Å². The van der Waals surface area contributed by atoms with Crippen LogP contribution < -0.4 is 0 Å². The Hall–Kier alpha value is -4.30. The fourth-order valence-corrected chi connectivity index (χ4v) is 4.84. The van der Waals surface area contributed by atoms with Crippen LogP contribution in [0.3, 0.4) is 0 Å². The molecule has 1 N–H and O–H groups in total. The van der Waals surface area contributed by atoms with Gasteiger partial charge in [-0.25, -0.2) is 9.59 Å². The van der Waals surface area contributed by atoms with E-state index in [1.54, 1.807) is 4.90 Å². The first-order chi connectivity index (χ1) is 24.3. The summed E-state index contributed by atoms with van der Waals surface area (Å²) in [5.41, 5.74) is 4.40. The number of amides is 2. The molecule has 8 heteroatoms. The lowest BCUT2D eigenvalue weighted by atomic mass is 9.91. The third-order valence-electron chi connectivity index (χ3n) is 6.99. The first-order valence-corrected chi connectivity index (χ1v) is 18.9. The Morgan fingerprint density at radius 2 is 1.21 bits per heavy atom. The minimum atomic E-state index is -0.824. The van der Waals surface area contributed by atoms with Crippen LogP contribution in [0.25, 0.3) is 5.57 Å². The molecule has 0 radical (unpaired) electrons. The second-order valence-corrected chi connectivity index (χ2v) is 16.3.